The molecule has 0 bridgehead atoms. The fourth-order valence-electron chi connectivity index (χ4n) is 1.49. The number of carbonyl (C=O) groups excluding carboxylic acids is 1. The number of rotatable bonds is 3. The summed E-state index contributed by atoms with van der Waals surface area (Å²) in [5.74, 6) is -1.71. The summed E-state index contributed by atoms with van der Waals surface area (Å²) in [7, 11) is 1.52. The average Bonchev–Trinajstić information content (AvgIpc) is 2.77. The first kappa shape index (κ1) is 13.4. The van der Waals surface area contributed by atoms with Crippen LogP contribution in [0, 0.1) is 15.9 Å². The van der Waals surface area contributed by atoms with Crippen LogP contribution in [0.5, 0.6) is 0 Å². The van der Waals surface area contributed by atoms with E-state index in [0.29, 0.717) is 6.07 Å². The molecular formula is C10H9FN6O3. The van der Waals surface area contributed by atoms with Gasteiger partial charge in [0.25, 0.3) is 11.6 Å². The molecule has 10 heteroatoms. The van der Waals surface area contributed by atoms with E-state index in [1.54, 1.807) is 0 Å². The number of hydrogen-bond donors (Lipinski definition) is 2. The Labute approximate surface area is 111 Å². The Kier molecular flexibility index (Phi) is 3.29. The first-order valence-electron chi connectivity index (χ1n) is 5.29. The monoisotopic (exact) mass is 280 g/mol. The minimum Gasteiger partial charge on any atom is -0.396 e. The normalized spacial score (nSPS) is 10.3. The topological polar surface area (TPSA) is 129 Å². The summed E-state index contributed by atoms with van der Waals surface area (Å²) >= 11 is 0. The summed E-state index contributed by atoms with van der Waals surface area (Å²) in [5.41, 5.74) is 3.91. The lowest BCUT2D eigenvalue weighted by Crippen LogP contribution is -2.17. The number of halogens is 1. The first-order chi connectivity index (χ1) is 9.40. The van der Waals surface area contributed by atoms with Gasteiger partial charge in [0.2, 0.25) is 5.95 Å². The summed E-state index contributed by atoms with van der Waals surface area (Å²) in [6.07, 6.45) is 1.20. The fourth-order valence-corrected chi connectivity index (χ4v) is 1.49. The lowest BCUT2D eigenvalue weighted by Gasteiger charge is -2.06. The van der Waals surface area contributed by atoms with Crippen molar-refractivity contribution in [2.24, 2.45) is 7.05 Å². The number of hydrogen-bond acceptors (Lipinski definition) is 6. The van der Waals surface area contributed by atoms with Crippen molar-refractivity contribution in [3.05, 3.63) is 40.0 Å². The molecule has 2 rings (SSSR count). The van der Waals surface area contributed by atoms with E-state index in [0.717, 1.165) is 6.07 Å². The molecule has 0 aliphatic heterocycles. The highest BCUT2D eigenvalue weighted by Crippen LogP contribution is 2.25. The van der Waals surface area contributed by atoms with Gasteiger partial charge in [-0.25, -0.2) is 9.07 Å². The molecule has 1 aromatic carbocycles. The summed E-state index contributed by atoms with van der Waals surface area (Å²) in [5, 5.41) is 16.9. The van der Waals surface area contributed by atoms with Crippen molar-refractivity contribution in [3.8, 4) is 0 Å². The van der Waals surface area contributed by atoms with Gasteiger partial charge >= 0.3 is 0 Å². The van der Waals surface area contributed by atoms with E-state index in [1.165, 1.54) is 18.1 Å². The number of carbonyl (C=O) groups is 1. The molecule has 2 aromatic rings. The van der Waals surface area contributed by atoms with Gasteiger partial charge in [0, 0.05) is 7.05 Å². The van der Waals surface area contributed by atoms with Crippen molar-refractivity contribution in [1.29, 1.82) is 0 Å². The predicted octanol–water partition coefficient (Wildman–Crippen LogP) is 0.697. The third kappa shape index (κ3) is 2.39. The minimum atomic E-state index is -0.966. The van der Waals surface area contributed by atoms with Crippen molar-refractivity contribution in [1.82, 2.24) is 14.8 Å². The van der Waals surface area contributed by atoms with Gasteiger partial charge in [0.05, 0.1) is 16.7 Å². The summed E-state index contributed by atoms with van der Waals surface area (Å²) in [6, 6.07) is 1.50. The van der Waals surface area contributed by atoms with Gasteiger partial charge < -0.3 is 5.73 Å². The summed E-state index contributed by atoms with van der Waals surface area (Å²) in [4.78, 5) is 25.7. The second-order valence-electron chi connectivity index (χ2n) is 3.81. The van der Waals surface area contributed by atoms with Crippen LogP contribution < -0.4 is 11.1 Å². The van der Waals surface area contributed by atoms with Crippen molar-refractivity contribution in [3.63, 3.8) is 0 Å². The number of nitrogens with two attached hydrogens (primary N) is 1. The Hall–Kier alpha value is -3.04. The van der Waals surface area contributed by atoms with E-state index in [2.05, 4.69) is 15.4 Å². The smallest absolute Gasteiger partial charge is 0.285 e. The van der Waals surface area contributed by atoms with Crippen LogP contribution in [0.15, 0.2) is 18.5 Å². The second-order valence-corrected chi connectivity index (χ2v) is 3.81. The van der Waals surface area contributed by atoms with Crippen LogP contribution in [-0.4, -0.2) is 25.6 Å². The molecule has 0 saturated carbocycles. The number of aromatic nitrogens is 3. The molecular weight excluding hydrogens is 271 g/mol. The van der Waals surface area contributed by atoms with Gasteiger partial charge in [-0.2, -0.15) is 10.1 Å². The Morgan fingerprint density at radius 3 is 2.80 bits per heavy atom. The van der Waals surface area contributed by atoms with Crippen LogP contribution in [0.3, 0.4) is 0 Å². The van der Waals surface area contributed by atoms with E-state index in [9.17, 15) is 19.3 Å². The highest BCUT2D eigenvalue weighted by molar-refractivity contribution is 6.06. The fraction of sp³-hybridized carbons (Fsp3) is 0.100. The zero-order chi connectivity index (χ0) is 14.9. The average molecular weight is 280 g/mol. The van der Waals surface area contributed by atoms with Crippen molar-refractivity contribution in [2.45, 2.75) is 0 Å². The number of nitro benzene ring substituents is 1. The molecule has 1 amide bonds. The van der Waals surface area contributed by atoms with Crippen LogP contribution in [0.2, 0.25) is 0 Å². The lowest BCUT2D eigenvalue weighted by molar-refractivity contribution is -0.385. The van der Waals surface area contributed by atoms with Gasteiger partial charge in [-0.1, -0.05) is 0 Å². The molecule has 0 unspecified atom stereocenters. The highest BCUT2D eigenvalue weighted by atomic mass is 19.1. The largest absolute Gasteiger partial charge is 0.396 e. The predicted molar refractivity (Wildman–Crippen MR) is 66.4 cm³/mol. The number of nitro groups is 1. The van der Waals surface area contributed by atoms with Crippen molar-refractivity contribution in [2.75, 3.05) is 11.1 Å². The first-order valence-corrected chi connectivity index (χ1v) is 5.29. The molecule has 0 atom stereocenters. The maximum Gasteiger partial charge on any atom is 0.285 e. The Morgan fingerprint density at radius 2 is 2.25 bits per heavy atom. The third-order valence-electron chi connectivity index (χ3n) is 2.49. The van der Waals surface area contributed by atoms with E-state index >= 15 is 0 Å². The zero-order valence-electron chi connectivity index (χ0n) is 10.2. The van der Waals surface area contributed by atoms with E-state index in [1.807, 2.05) is 0 Å². The SMILES string of the molecule is Cn1ncnc1NC(=O)c1cc(N)c(F)cc1[N+](=O)[O-]. The molecule has 20 heavy (non-hydrogen) atoms. The van der Waals surface area contributed by atoms with Crippen molar-refractivity contribution < 1.29 is 14.1 Å². The van der Waals surface area contributed by atoms with Gasteiger partial charge in [-0.15, -0.1) is 0 Å². The molecule has 3 N–H and O–H groups in total. The second kappa shape index (κ2) is 4.91. The molecule has 9 nitrogen and oxygen atoms in total. The Balaban J connectivity index is 2.41. The lowest BCUT2D eigenvalue weighted by atomic mass is 10.1. The van der Waals surface area contributed by atoms with Crippen molar-refractivity contribution >= 4 is 23.2 Å². The molecule has 0 fully saturated rings. The molecule has 1 heterocycles. The Morgan fingerprint density at radius 1 is 1.55 bits per heavy atom. The quantitative estimate of drug-likeness (QED) is 0.483. The molecule has 0 aliphatic rings. The van der Waals surface area contributed by atoms with Crippen LogP contribution in [0.1, 0.15) is 10.4 Å². The molecule has 0 aliphatic carbocycles. The maximum atomic E-state index is 13.2. The number of aryl methyl sites for hydroxylation is 1. The maximum absolute atomic E-state index is 13.2. The Bertz CT molecular complexity index is 698. The van der Waals surface area contributed by atoms with E-state index in [-0.39, 0.29) is 17.2 Å². The van der Waals surface area contributed by atoms with E-state index < -0.39 is 22.3 Å². The van der Waals surface area contributed by atoms with Gasteiger partial charge in [-0.3, -0.25) is 20.2 Å². The summed E-state index contributed by atoms with van der Waals surface area (Å²) < 4.78 is 14.5. The number of benzene rings is 1. The minimum absolute atomic E-state index is 0.0900. The highest BCUT2D eigenvalue weighted by Gasteiger charge is 2.23. The number of anilines is 2. The molecule has 0 saturated heterocycles. The molecule has 1 aromatic heterocycles. The van der Waals surface area contributed by atoms with Crippen LogP contribution in [0.4, 0.5) is 21.7 Å². The van der Waals surface area contributed by atoms with Gasteiger partial charge in [-0.05, 0) is 6.07 Å². The molecule has 0 radical (unpaired) electrons. The number of amides is 1. The third-order valence-corrected chi connectivity index (χ3v) is 2.49. The number of nitrogens with zero attached hydrogens (tertiary/aromatic N) is 4. The zero-order valence-corrected chi connectivity index (χ0v) is 10.2. The molecule has 104 valence electrons. The van der Waals surface area contributed by atoms with Gasteiger partial charge in [0.1, 0.15) is 11.9 Å². The van der Waals surface area contributed by atoms with E-state index in [4.69, 9.17) is 5.73 Å². The van der Waals surface area contributed by atoms with Crippen LogP contribution in [-0.2, 0) is 7.05 Å². The van der Waals surface area contributed by atoms with Crippen LogP contribution in [0.25, 0.3) is 0 Å². The van der Waals surface area contributed by atoms with Gasteiger partial charge in [0.15, 0.2) is 5.82 Å². The standard InChI is InChI=1S/C10H9FN6O3/c1-16-10(13-4-14-16)15-9(18)5-2-7(12)6(11)3-8(5)17(19)20/h2-4H,12H2,1H3,(H,13,14,15,18). The number of nitrogen functional groups attached to an aromatic ring is 1. The summed E-state index contributed by atoms with van der Waals surface area (Å²) in [6.45, 7) is 0. The molecule has 0 spiro atoms. The number of nitrogens with one attached hydrogen (secondary N) is 1. The van der Waals surface area contributed by atoms with Crippen LogP contribution >= 0.6 is 0 Å².